The van der Waals surface area contributed by atoms with Gasteiger partial charge in [0.05, 0.1) is 11.0 Å². The maximum atomic E-state index is 6.69. The molecule has 0 bridgehead atoms. The van der Waals surface area contributed by atoms with Crippen LogP contribution in [0.15, 0.2) is 172 Å². The fraction of sp³-hybridized carbons (Fsp3) is 0.0833. The van der Waals surface area contributed by atoms with Crippen LogP contribution in [0.5, 0.6) is 0 Å². The van der Waals surface area contributed by atoms with Crippen molar-refractivity contribution in [2.75, 3.05) is 0 Å². The van der Waals surface area contributed by atoms with Gasteiger partial charge in [-0.15, -0.1) is 0 Å². The van der Waals surface area contributed by atoms with Crippen molar-refractivity contribution in [1.29, 1.82) is 0 Å². The summed E-state index contributed by atoms with van der Waals surface area (Å²) in [5.74, 6) is 1.59. The Bertz CT molecular complexity index is 2950. The molecule has 5 heteroatoms. The molecule has 2 aromatic heterocycles. The van der Waals surface area contributed by atoms with Crippen LogP contribution in [0.4, 0.5) is 0 Å². The van der Waals surface area contributed by atoms with Gasteiger partial charge in [0, 0.05) is 55.4 Å². The summed E-state index contributed by atoms with van der Waals surface area (Å²) in [7, 11) is 0. The van der Waals surface area contributed by atoms with Crippen LogP contribution in [-0.4, -0.2) is 16.2 Å². The maximum Gasteiger partial charge on any atom is 0.169 e. The largest absolute Gasteiger partial charge is 0.456 e. The number of hydrogen-bond donors (Lipinski definition) is 1. The van der Waals surface area contributed by atoms with Crippen molar-refractivity contribution >= 4 is 55.4 Å². The molecule has 0 spiro atoms. The highest BCUT2D eigenvalue weighted by molar-refractivity contribution is 6.16. The Morgan fingerprint density at radius 2 is 1.17 bits per heavy atom. The van der Waals surface area contributed by atoms with E-state index in [2.05, 4.69) is 145 Å². The minimum Gasteiger partial charge on any atom is -0.456 e. The van der Waals surface area contributed by atoms with E-state index >= 15 is 0 Å². The van der Waals surface area contributed by atoms with Crippen LogP contribution in [0.2, 0.25) is 0 Å². The SMILES string of the molecule is CC1(C)c2ccccc2-c2cc3c4ccccc4n(-c4ccc5c(c4)oc4cc(C6N=C(c7ccccc7)NC(c7ccccc7)=N6)ccc45)c3cc21. The zero-order valence-corrected chi connectivity index (χ0v) is 29.3. The predicted molar refractivity (Wildman–Crippen MR) is 217 cm³/mol. The summed E-state index contributed by atoms with van der Waals surface area (Å²) < 4.78 is 9.09. The molecular formula is C48H34N4O. The Balaban J connectivity index is 1.05. The standard InChI is InChI=1S/C48H34N4O/c1-48(2)39-19-11-9-17-33(39)37-27-38-34-18-10-12-20-41(34)52(42(38)28-40(37)48)32-22-24-36-35-23-21-31(25-43(35)53-44(36)26-32)47-50-45(29-13-5-3-6-14-29)49-46(51-47)30-15-7-4-8-16-30/h3-28,47H,1-2H3,(H,49,50,51). The molecule has 0 amide bonds. The summed E-state index contributed by atoms with van der Waals surface area (Å²) in [6.45, 7) is 4.69. The first-order valence-electron chi connectivity index (χ1n) is 18.2. The molecule has 0 radical (unpaired) electrons. The van der Waals surface area contributed by atoms with Crippen LogP contribution in [0.3, 0.4) is 0 Å². The van der Waals surface area contributed by atoms with E-state index in [0.29, 0.717) is 0 Å². The van der Waals surface area contributed by atoms with Crippen LogP contribution in [0, 0.1) is 0 Å². The molecule has 11 rings (SSSR count). The molecule has 3 heterocycles. The molecule has 252 valence electrons. The lowest BCUT2D eigenvalue weighted by atomic mass is 9.82. The molecule has 2 aliphatic rings. The van der Waals surface area contributed by atoms with Gasteiger partial charge in [-0.3, -0.25) is 0 Å². The van der Waals surface area contributed by atoms with Crippen LogP contribution >= 0.6 is 0 Å². The van der Waals surface area contributed by atoms with E-state index in [4.69, 9.17) is 14.4 Å². The number of nitrogens with one attached hydrogen (secondary N) is 1. The van der Waals surface area contributed by atoms with Crippen LogP contribution in [0.25, 0.3) is 60.6 Å². The molecule has 53 heavy (non-hydrogen) atoms. The maximum absolute atomic E-state index is 6.69. The second-order valence-corrected chi connectivity index (χ2v) is 14.7. The number of aliphatic imine (C=N–C) groups is 2. The minimum atomic E-state index is -0.426. The van der Waals surface area contributed by atoms with Crippen molar-refractivity contribution in [2.45, 2.75) is 25.4 Å². The van der Waals surface area contributed by atoms with Crippen LogP contribution in [0.1, 0.15) is 47.8 Å². The number of benzene rings is 7. The summed E-state index contributed by atoms with van der Waals surface area (Å²) in [5.41, 5.74) is 13.5. The topological polar surface area (TPSA) is 54.8 Å². The van der Waals surface area contributed by atoms with Crippen LogP contribution < -0.4 is 5.32 Å². The molecule has 5 nitrogen and oxygen atoms in total. The minimum absolute atomic E-state index is 0.0893. The summed E-state index contributed by atoms with van der Waals surface area (Å²) in [5, 5.41) is 8.15. The first-order chi connectivity index (χ1) is 26.0. The second-order valence-electron chi connectivity index (χ2n) is 14.7. The van der Waals surface area contributed by atoms with Gasteiger partial charge in [0.1, 0.15) is 22.8 Å². The zero-order chi connectivity index (χ0) is 35.3. The van der Waals surface area contributed by atoms with E-state index in [1.54, 1.807) is 0 Å². The summed E-state index contributed by atoms with van der Waals surface area (Å²) in [4.78, 5) is 10.2. The molecule has 1 aliphatic carbocycles. The van der Waals surface area contributed by atoms with Gasteiger partial charge < -0.3 is 14.3 Å². The number of furan rings is 1. The third-order valence-corrected chi connectivity index (χ3v) is 11.2. The van der Waals surface area contributed by atoms with Crippen molar-refractivity contribution in [2.24, 2.45) is 9.98 Å². The van der Waals surface area contributed by atoms with Gasteiger partial charge in [-0.1, -0.05) is 129 Å². The fourth-order valence-corrected chi connectivity index (χ4v) is 8.61. The van der Waals surface area contributed by atoms with Crippen molar-refractivity contribution in [3.63, 3.8) is 0 Å². The third-order valence-electron chi connectivity index (χ3n) is 11.2. The normalized spacial score (nSPS) is 15.1. The Morgan fingerprint density at radius 1 is 0.528 bits per heavy atom. The fourth-order valence-electron chi connectivity index (χ4n) is 8.61. The highest BCUT2D eigenvalue weighted by atomic mass is 16.3. The van der Waals surface area contributed by atoms with Gasteiger partial charge in [0.25, 0.3) is 0 Å². The van der Waals surface area contributed by atoms with E-state index in [0.717, 1.165) is 56.0 Å². The average molecular weight is 683 g/mol. The summed E-state index contributed by atoms with van der Waals surface area (Å²) in [6.07, 6.45) is -0.426. The molecule has 1 N–H and O–H groups in total. The van der Waals surface area contributed by atoms with Gasteiger partial charge in [-0.25, -0.2) is 9.98 Å². The first kappa shape index (κ1) is 30.0. The van der Waals surface area contributed by atoms with Gasteiger partial charge >= 0.3 is 0 Å². The van der Waals surface area contributed by atoms with E-state index in [1.807, 2.05) is 36.4 Å². The Hall–Kier alpha value is -6.72. The van der Waals surface area contributed by atoms with E-state index < -0.39 is 6.17 Å². The molecule has 1 aliphatic heterocycles. The molecular weight excluding hydrogens is 649 g/mol. The molecule has 9 aromatic rings. The Kier molecular flexibility index (Phi) is 6.30. The summed E-state index contributed by atoms with van der Waals surface area (Å²) >= 11 is 0. The Labute approximate surface area is 306 Å². The zero-order valence-electron chi connectivity index (χ0n) is 29.3. The molecule has 0 unspecified atom stereocenters. The van der Waals surface area contributed by atoms with Crippen molar-refractivity contribution in [3.05, 3.63) is 186 Å². The number of para-hydroxylation sites is 1. The molecule has 0 fully saturated rings. The lowest BCUT2D eigenvalue weighted by Gasteiger charge is -2.22. The number of nitrogens with zero attached hydrogens (tertiary/aromatic N) is 3. The van der Waals surface area contributed by atoms with E-state index in [-0.39, 0.29) is 5.41 Å². The average Bonchev–Trinajstić information content (AvgIpc) is 3.82. The number of rotatable bonds is 4. The lowest BCUT2D eigenvalue weighted by molar-refractivity contribution is 0.661. The highest BCUT2D eigenvalue weighted by Crippen LogP contribution is 2.51. The molecule has 7 aromatic carbocycles. The van der Waals surface area contributed by atoms with Gasteiger partial charge in [-0.05, 0) is 58.7 Å². The van der Waals surface area contributed by atoms with Gasteiger partial charge in [-0.2, -0.15) is 0 Å². The lowest BCUT2D eigenvalue weighted by Crippen LogP contribution is -2.35. The first-order valence-corrected chi connectivity index (χ1v) is 18.2. The van der Waals surface area contributed by atoms with Gasteiger partial charge in [0.15, 0.2) is 6.17 Å². The number of aromatic nitrogens is 1. The van der Waals surface area contributed by atoms with E-state index in [9.17, 15) is 0 Å². The molecule has 0 saturated carbocycles. The number of hydrogen-bond acceptors (Lipinski definition) is 4. The van der Waals surface area contributed by atoms with Gasteiger partial charge in [0.2, 0.25) is 0 Å². The molecule has 0 saturated heterocycles. The second kappa shape index (κ2) is 11.1. The van der Waals surface area contributed by atoms with Crippen molar-refractivity contribution in [3.8, 4) is 16.8 Å². The monoisotopic (exact) mass is 682 g/mol. The van der Waals surface area contributed by atoms with Crippen molar-refractivity contribution < 1.29 is 4.42 Å². The highest BCUT2D eigenvalue weighted by Gasteiger charge is 2.36. The quantitative estimate of drug-likeness (QED) is 0.201. The number of fused-ring (bicyclic) bond motifs is 9. The third kappa shape index (κ3) is 4.50. The smallest absolute Gasteiger partial charge is 0.169 e. The van der Waals surface area contributed by atoms with E-state index in [1.165, 1.54) is 44.1 Å². The van der Waals surface area contributed by atoms with Crippen molar-refractivity contribution in [1.82, 2.24) is 9.88 Å². The van der Waals surface area contributed by atoms with Crippen LogP contribution in [-0.2, 0) is 5.41 Å². The predicted octanol–water partition coefficient (Wildman–Crippen LogP) is 11.5. The summed E-state index contributed by atoms with van der Waals surface area (Å²) in [6, 6.07) is 55.9. The molecule has 0 atom stereocenters. The number of amidine groups is 2. The Morgan fingerprint density at radius 3 is 1.92 bits per heavy atom.